The summed E-state index contributed by atoms with van der Waals surface area (Å²) in [7, 11) is 4.45. The van der Waals surface area contributed by atoms with Crippen LogP contribution in [0.4, 0.5) is 11.4 Å². The van der Waals surface area contributed by atoms with Gasteiger partial charge in [0.15, 0.2) is 5.71 Å². The first kappa shape index (κ1) is 23.3. The molecular formula is C34H39N2+. The molecule has 2 aromatic carbocycles. The number of likely N-dealkylation sites (N-methyl/N-ethyl adjacent to an activating group) is 1. The van der Waals surface area contributed by atoms with Crippen molar-refractivity contribution in [1.29, 1.82) is 0 Å². The number of nitrogens with zero attached hydrogens (tertiary/aromatic N) is 2. The fourth-order valence-corrected chi connectivity index (χ4v) is 7.11. The molecule has 0 saturated heterocycles. The van der Waals surface area contributed by atoms with Crippen LogP contribution in [-0.4, -0.2) is 24.4 Å². The van der Waals surface area contributed by atoms with Crippen LogP contribution >= 0.6 is 0 Å². The van der Waals surface area contributed by atoms with E-state index in [-0.39, 0.29) is 10.8 Å². The molecule has 184 valence electrons. The minimum absolute atomic E-state index is 0.0271. The molecule has 1 atom stereocenters. The molecule has 0 radical (unpaired) electrons. The van der Waals surface area contributed by atoms with Crippen LogP contribution in [0.3, 0.4) is 0 Å². The molecule has 0 bridgehead atoms. The predicted molar refractivity (Wildman–Crippen MR) is 152 cm³/mol. The van der Waals surface area contributed by atoms with Crippen LogP contribution in [0, 0.1) is 5.92 Å². The number of para-hydroxylation sites is 2. The summed E-state index contributed by atoms with van der Waals surface area (Å²) >= 11 is 0. The lowest BCUT2D eigenvalue weighted by Crippen LogP contribution is -2.27. The van der Waals surface area contributed by atoms with Crippen LogP contribution in [0.2, 0.25) is 0 Å². The Balaban J connectivity index is 1.34. The standard InChI is InChI=1S/C34H39N2/c1-33(2)27-11-7-9-13-29(27)35(5)31(33)21-23-15-17-25-18-16-24(20-26(25)19-23)22-32-34(3,4)28-12-8-10-14-30(28)36(32)6/h7-14,19-22,25H,15-18H2,1-6H3/q+1. The molecule has 0 fully saturated rings. The molecule has 2 aromatic rings. The monoisotopic (exact) mass is 475 g/mol. The highest BCUT2D eigenvalue weighted by Gasteiger charge is 2.43. The maximum Gasteiger partial charge on any atom is 0.209 e. The quantitative estimate of drug-likeness (QED) is 0.399. The lowest BCUT2D eigenvalue weighted by molar-refractivity contribution is -0.401. The highest BCUT2D eigenvalue weighted by Crippen LogP contribution is 2.48. The zero-order valence-electron chi connectivity index (χ0n) is 22.7. The van der Waals surface area contributed by atoms with Crippen LogP contribution < -0.4 is 4.90 Å². The van der Waals surface area contributed by atoms with Gasteiger partial charge in [-0.05, 0) is 79.9 Å². The van der Waals surface area contributed by atoms with E-state index in [9.17, 15) is 0 Å². The molecule has 2 nitrogen and oxygen atoms in total. The van der Waals surface area contributed by atoms with Crippen molar-refractivity contribution in [2.75, 3.05) is 19.0 Å². The van der Waals surface area contributed by atoms with E-state index in [0.717, 1.165) is 0 Å². The third-order valence-electron chi connectivity index (χ3n) is 9.26. The van der Waals surface area contributed by atoms with Gasteiger partial charge in [-0.25, -0.2) is 0 Å². The smallest absolute Gasteiger partial charge is 0.209 e. The molecule has 2 heterocycles. The number of hydrogen-bond acceptors (Lipinski definition) is 1. The summed E-state index contributed by atoms with van der Waals surface area (Å²) in [6.07, 6.45) is 14.8. The van der Waals surface area contributed by atoms with Gasteiger partial charge in [-0.1, -0.05) is 62.4 Å². The van der Waals surface area contributed by atoms with Crippen LogP contribution in [-0.2, 0) is 10.8 Å². The molecule has 2 aliphatic carbocycles. The Morgan fingerprint density at radius 3 is 2.28 bits per heavy atom. The largest absolute Gasteiger partial charge is 0.347 e. The molecule has 0 spiro atoms. The lowest BCUT2D eigenvalue weighted by Gasteiger charge is -2.30. The van der Waals surface area contributed by atoms with E-state index >= 15 is 0 Å². The van der Waals surface area contributed by atoms with E-state index in [4.69, 9.17) is 0 Å². The Morgan fingerprint density at radius 1 is 0.833 bits per heavy atom. The van der Waals surface area contributed by atoms with Crippen molar-refractivity contribution in [1.82, 2.24) is 0 Å². The van der Waals surface area contributed by atoms with E-state index in [0.29, 0.717) is 5.92 Å². The van der Waals surface area contributed by atoms with Gasteiger partial charge in [0.2, 0.25) is 5.69 Å². The molecule has 0 saturated carbocycles. The van der Waals surface area contributed by atoms with Gasteiger partial charge in [-0.15, -0.1) is 0 Å². The molecule has 6 rings (SSSR count). The van der Waals surface area contributed by atoms with Crippen molar-refractivity contribution in [3.05, 3.63) is 106 Å². The van der Waals surface area contributed by atoms with Gasteiger partial charge >= 0.3 is 0 Å². The summed E-state index contributed by atoms with van der Waals surface area (Å²) in [5.41, 5.74) is 12.9. The van der Waals surface area contributed by atoms with Crippen LogP contribution in [0.15, 0.2) is 95.3 Å². The van der Waals surface area contributed by atoms with Gasteiger partial charge in [0, 0.05) is 41.6 Å². The molecule has 0 N–H and O–H groups in total. The number of fused-ring (bicyclic) bond motifs is 3. The Morgan fingerprint density at radius 2 is 1.53 bits per heavy atom. The number of anilines is 1. The fraction of sp³-hybridized carbons (Fsp3) is 0.382. The van der Waals surface area contributed by atoms with Crippen LogP contribution in [0.25, 0.3) is 0 Å². The summed E-state index contributed by atoms with van der Waals surface area (Å²) in [6.45, 7) is 9.46. The highest BCUT2D eigenvalue weighted by atomic mass is 15.2. The Labute approximate surface area is 217 Å². The molecule has 2 heteroatoms. The summed E-state index contributed by atoms with van der Waals surface area (Å²) in [5.74, 6) is 0.701. The molecule has 0 aromatic heterocycles. The number of rotatable bonds is 2. The summed E-state index contributed by atoms with van der Waals surface area (Å²) in [6, 6.07) is 17.7. The molecular weight excluding hydrogens is 436 g/mol. The minimum atomic E-state index is 0.0271. The fourth-order valence-electron chi connectivity index (χ4n) is 7.11. The van der Waals surface area contributed by atoms with Crippen LogP contribution in [0.5, 0.6) is 0 Å². The zero-order chi connectivity index (χ0) is 25.2. The minimum Gasteiger partial charge on any atom is -0.347 e. The van der Waals surface area contributed by atoms with E-state index in [2.05, 4.69) is 124 Å². The Hall–Kier alpha value is -3.13. The normalized spacial score (nSPS) is 26.1. The second-order valence-corrected chi connectivity index (χ2v) is 12.2. The van der Waals surface area contributed by atoms with Crippen molar-refractivity contribution in [2.24, 2.45) is 5.92 Å². The average Bonchev–Trinajstić information content (AvgIpc) is 3.19. The van der Waals surface area contributed by atoms with E-state index in [1.54, 1.807) is 0 Å². The van der Waals surface area contributed by atoms with Crippen molar-refractivity contribution in [3.63, 3.8) is 0 Å². The third-order valence-corrected chi connectivity index (χ3v) is 9.26. The summed E-state index contributed by atoms with van der Waals surface area (Å²) < 4.78 is 2.40. The van der Waals surface area contributed by atoms with Crippen molar-refractivity contribution in [2.45, 2.75) is 64.2 Å². The van der Waals surface area contributed by atoms with E-state index in [1.165, 1.54) is 76.3 Å². The number of hydrogen-bond donors (Lipinski definition) is 0. The highest BCUT2D eigenvalue weighted by molar-refractivity contribution is 6.03. The molecule has 2 aliphatic heterocycles. The van der Waals surface area contributed by atoms with Gasteiger partial charge in [-0.3, -0.25) is 0 Å². The van der Waals surface area contributed by atoms with Crippen molar-refractivity contribution >= 4 is 17.1 Å². The second-order valence-electron chi connectivity index (χ2n) is 12.2. The maximum atomic E-state index is 2.50. The Bertz CT molecular complexity index is 1410. The van der Waals surface area contributed by atoms with Crippen LogP contribution in [0.1, 0.15) is 64.5 Å². The number of benzene rings is 2. The SMILES string of the molecule is CN1/C(=C/C2=CC3=C/C(=C/C4=[N+](C)c5ccccc5C4(C)C)CCC3CC2)C(C)(C)c2ccccc21. The van der Waals surface area contributed by atoms with Gasteiger partial charge in [0.25, 0.3) is 0 Å². The zero-order valence-corrected chi connectivity index (χ0v) is 22.7. The molecule has 0 amide bonds. The van der Waals surface area contributed by atoms with Crippen molar-refractivity contribution < 1.29 is 4.58 Å². The first-order chi connectivity index (χ1) is 17.2. The first-order valence-corrected chi connectivity index (χ1v) is 13.6. The lowest BCUT2D eigenvalue weighted by atomic mass is 9.75. The van der Waals surface area contributed by atoms with E-state index in [1.807, 2.05) is 0 Å². The van der Waals surface area contributed by atoms with Crippen molar-refractivity contribution in [3.8, 4) is 0 Å². The predicted octanol–water partition coefficient (Wildman–Crippen LogP) is 7.99. The van der Waals surface area contributed by atoms with Gasteiger partial charge in [0.1, 0.15) is 7.05 Å². The number of allylic oxidation sites excluding steroid dienone is 8. The maximum absolute atomic E-state index is 2.50. The third kappa shape index (κ3) is 3.49. The van der Waals surface area contributed by atoms with Gasteiger partial charge < -0.3 is 4.90 Å². The molecule has 36 heavy (non-hydrogen) atoms. The first-order valence-electron chi connectivity index (χ1n) is 13.6. The molecule has 1 unspecified atom stereocenters. The summed E-state index contributed by atoms with van der Waals surface area (Å²) in [4.78, 5) is 2.40. The summed E-state index contributed by atoms with van der Waals surface area (Å²) in [5, 5.41) is 0. The average molecular weight is 476 g/mol. The second kappa shape index (κ2) is 8.20. The Kier molecular flexibility index (Phi) is 5.30. The van der Waals surface area contributed by atoms with Gasteiger partial charge in [0.05, 0.1) is 5.41 Å². The molecule has 4 aliphatic rings. The van der Waals surface area contributed by atoms with E-state index < -0.39 is 0 Å². The topological polar surface area (TPSA) is 6.25 Å². The van der Waals surface area contributed by atoms with Gasteiger partial charge in [-0.2, -0.15) is 4.58 Å².